The van der Waals surface area contributed by atoms with Crippen molar-refractivity contribution in [2.45, 2.75) is 51.9 Å². The van der Waals surface area contributed by atoms with Gasteiger partial charge < -0.3 is 24.4 Å². The molecule has 1 N–H and O–H groups in total. The van der Waals surface area contributed by atoms with Gasteiger partial charge in [-0.25, -0.2) is 4.98 Å². The van der Waals surface area contributed by atoms with Crippen molar-refractivity contribution in [3.8, 4) is 17.2 Å². The Morgan fingerprint density at radius 1 is 1.03 bits per heavy atom. The monoisotopic (exact) mass is 471 g/mol. The summed E-state index contributed by atoms with van der Waals surface area (Å²) in [6, 6.07) is 15.8. The molecule has 0 aliphatic carbocycles. The van der Waals surface area contributed by atoms with Crippen LogP contribution in [0.1, 0.15) is 48.6 Å². The highest BCUT2D eigenvalue weighted by Gasteiger charge is 2.57. The summed E-state index contributed by atoms with van der Waals surface area (Å²) in [4.78, 5) is 20.4. The molecule has 7 heteroatoms. The summed E-state index contributed by atoms with van der Waals surface area (Å²) in [5.41, 5.74) is 3.96. The lowest BCUT2D eigenvalue weighted by Crippen LogP contribution is -2.42. The van der Waals surface area contributed by atoms with E-state index in [4.69, 9.17) is 14.2 Å². The molecule has 3 aliphatic heterocycles. The predicted octanol–water partition coefficient (Wildman–Crippen LogP) is 5.08. The van der Waals surface area contributed by atoms with Crippen molar-refractivity contribution in [2.24, 2.45) is 0 Å². The maximum absolute atomic E-state index is 14.0. The van der Waals surface area contributed by atoms with Crippen LogP contribution in [0.2, 0.25) is 0 Å². The lowest BCUT2D eigenvalue weighted by atomic mass is 9.77. The minimum atomic E-state index is -0.864. The van der Waals surface area contributed by atoms with Gasteiger partial charge in [0.1, 0.15) is 23.6 Å². The first-order valence-corrected chi connectivity index (χ1v) is 12.3. The number of benzene rings is 2. The summed E-state index contributed by atoms with van der Waals surface area (Å²) in [5, 5.41) is 3.19. The molecule has 0 radical (unpaired) electrons. The first-order valence-electron chi connectivity index (χ1n) is 12.3. The van der Waals surface area contributed by atoms with Crippen molar-refractivity contribution < 1.29 is 19.0 Å². The fourth-order valence-corrected chi connectivity index (χ4v) is 5.46. The van der Waals surface area contributed by atoms with Gasteiger partial charge in [-0.3, -0.25) is 4.79 Å². The Morgan fingerprint density at radius 3 is 2.63 bits per heavy atom. The number of carbonyl (C=O) groups is 1. The highest BCUT2D eigenvalue weighted by molar-refractivity contribution is 6.11. The number of nitrogens with one attached hydrogen (secondary N) is 1. The summed E-state index contributed by atoms with van der Waals surface area (Å²) in [6.45, 7) is 7.13. The topological polar surface area (TPSA) is 72.9 Å². The number of fused-ring (bicyclic) bond motifs is 5. The standard InChI is InChI=1S/C28H29N3O4/c1-4-5-8-11-31-21-10-7-6-9-19(21)28(26(31)32)16-33-22-15-24-23(14-20(22)28)34-27(35-24)30-25-13-17(2)12-18(3)29-25/h6-7,9-10,12-15,27H,4-5,8,11,16H2,1-3H3,(H,29,30). The van der Waals surface area contributed by atoms with E-state index in [2.05, 4.69) is 17.2 Å². The summed E-state index contributed by atoms with van der Waals surface area (Å²) < 4.78 is 18.2. The van der Waals surface area contributed by atoms with Crippen molar-refractivity contribution in [2.75, 3.05) is 23.4 Å². The third-order valence-electron chi connectivity index (χ3n) is 7.03. The number of hydrogen-bond donors (Lipinski definition) is 1. The van der Waals surface area contributed by atoms with Crippen molar-refractivity contribution in [3.63, 3.8) is 0 Å². The first-order chi connectivity index (χ1) is 17.0. The van der Waals surface area contributed by atoms with Crippen molar-refractivity contribution in [1.29, 1.82) is 0 Å². The van der Waals surface area contributed by atoms with E-state index in [0.717, 1.165) is 47.3 Å². The number of pyridine rings is 1. The summed E-state index contributed by atoms with van der Waals surface area (Å²) in [5.74, 6) is 2.59. The number of nitrogens with zero attached hydrogens (tertiary/aromatic N) is 2. The molecule has 35 heavy (non-hydrogen) atoms. The van der Waals surface area contributed by atoms with Crippen LogP contribution in [0.5, 0.6) is 17.2 Å². The van der Waals surface area contributed by atoms with Crippen LogP contribution in [0.3, 0.4) is 0 Å². The van der Waals surface area contributed by atoms with Gasteiger partial charge in [0.2, 0.25) is 5.91 Å². The van der Waals surface area contributed by atoms with Crippen molar-refractivity contribution >= 4 is 17.4 Å². The Morgan fingerprint density at radius 2 is 1.83 bits per heavy atom. The van der Waals surface area contributed by atoms with Gasteiger partial charge in [-0.15, -0.1) is 0 Å². The van der Waals surface area contributed by atoms with Crippen LogP contribution < -0.4 is 24.4 Å². The molecule has 1 spiro atoms. The fourth-order valence-electron chi connectivity index (χ4n) is 5.46. The summed E-state index contributed by atoms with van der Waals surface area (Å²) in [6.07, 6.45) is 2.46. The third-order valence-corrected chi connectivity index (χ3v) is 7.03. The molecule has 4 heterocycles. The van der Waals surface area contributed by atoms with E-state index in [1.165, 1.54) is 0 Å². The van der Waals surface area contributed by atoms with Gasteiger partial charge in [-0.2, -0.15) is 0 Å². The molecule has 1 aromatic heterocycles. The molecule has 7 nitrogen and oxygen atoms in total. The fraction of sp³-hybridized carbons (Fsp3) is 0.357. The number of unbranched alkanes of at least 4 members (excludes halogenated alkanes) is 2. The number of rotatable bonds is 6. The Hall–Kier alpha value is -3.74. The van der Waals surface area contributed by atoms with Crippen LogP contribution in [-0.4, -0.2) is 30.5 Å². The SMILES string of the molecule is CCCCCN1C(=O)C2(COc3cc4c(cc32)OC(Nc2cc(C)cc(C)n2)O4)c2ccccc21. The molecule has 3 aromatic rings. The predicted molar refractivity (Wildman–Crippen MR) is 133 cm³/mol. The number of carbonyl (C=O) groups excluding carboxylic acids is 1. The average Bonchev–Trinajstić information content (AvgIpc) is 3.46. The van der Waals surface area contributed by atoms with Crippen LogP contribution in [0.4, 0.5) is 11.5 Å². The van der Waals surface area contributed by atoms with E-state index in [1.807, 2.05) is 67.3 Å². The lowest BCUT2D eigenvalue weighted by Gasteiger charge is -2.23. The number of aromatic nitrogens is 1. The third kappa shape index (κ3) is 3.40. The van der Waals surface area contributed by atoms with E-state index >= 15 is 0 Å². The minimum Gasteiger partial charge on any atom is -0.491 e. The van der Waals surface area contributed by atoms with Crippen molar-refractivity contribution in [3.05, 3.63) is 70.9 Å². The maximum atomic E-state index is 14.0. The lowest BCUT2D eigenvalue weighted by molar-refractivity contribution is -0.122. The molecule has 2 unspecified atom stereocenters. The number of amides is 1. The molecular formula is C28H29N3O4. The van der Waals surface area contributed by atoms with Crippen LogP contribution >= 0.6 is 0 Å². The Labute approximate surface area is 205 Å². The molecular weight excluding hydrogens is 442 g/mol. The van der Waals surface area contributed by atoms with Gasteiger partial charge >= 0.3 is 6.41 Å². The van der Waals surface area contributed by atoms with Gasteiger partial charge in [0, 0.05) is 29.6 Å². The molecule has 6 rings (SSSR count). The summed E-state index contributed by atoms with van der Waals surface area (Å²) in [7, 11) is 0. The molecule has 180 valence electrons. The van der Waals surface area contributed by atoms with Gasteiger partial charge in [0.25, 0.3) is 0 Å². The van der Waals surface area contributed by atoms with Crippen LogP contribution in [0.15, 0.2) is 48.5 Å². The van der Waals surface area contributed by atoms with E-state index in [0.29, 0.717) is 29.6 Å². The second kappa shape index (κ2) is 8.18. The largest absolute Gasteiger partial charge is 0.491 e. The zero-order valence-electron chi connectivity index (χ0n) is 20.3. The highest BCUT2D eigenvalue weighted by atomic mass is 16.7. The zero-order chi connectivity index (χ0) is 24.2. The smallest absolute Gasteiger partial charge is 0.326 e. The number of aryl methyl sites for hydroxylation is 2. The van der Waals surface area contributed by atoms with E-state index in [1.54, 1.807) is 0 Å². The van der Waals surface area contributed by atoms with Crippen LogP contribution in [-0.2, 0) is 10.2 Å². The van der Waals surface area contributed by atoms with E-state index < -0.39 is 11.8 Å². The second-order valence-electron chi connectivity index (χ2n) is 9.55. The summed E-state index contributed by atoms with van der Waals surface area (Å²) >= 11 is 0. The zero-order valence-corrected chi connectivity index (χ0v) is 20.3. The number of anilines is 2. The number of ether oxygens (including phenoxy) is 3. The van der Waals surface area contributed by atoms with Gasteiger partial charge in [0.15, 0.2) is 11.5 Å². The van der Waals surface area contributed by atoms with Gasteiger partial charge in [-0.1, -0.05) is 38.0 Å². The molecule has 0 bridgehead atoms. The Kier molecular flexibility index (Phi) is 5.09. The maximum Gasteiger partial charge on any atom is 0.326 e. The van der Waals surface area contributed by atoms with E-state index in [9.17, 15) is 4.79 Å². The average molecular weight is 472 g/mol. The number of hydrogen-bond acceptors (Lipinski definition) is 6. The van der Waals surface area contributed by atoms with Gasteiger partial charge in [-0.05, 0) is 55.7 Å². The number of para-hydroxylation sites is 1. The molecule has 2 atom stereocenters. The highest BCUT2D eigenvalue weighted by Crippen LogP contribution is 2.55. The molecule has 0 fully saturated rings. The van der Waals surface area contributed by atoms with Crippen molar-refractivity contribution in [1.82, 2.24) is 4.98 Å². The normalized spacial score (nSPS) is 21.3. The molecule has 2 aromatic carbocycles. The Bertz CT molecular complexity index is 1300. The molecule has 3 aliphatic rings. The molecule has 1 amide bonds. The second-order valence-corrected chi connectivity index (χ2v) is 9.55. The van der Waals surface area contributed by atoms with Crippen LogP contribution in [0, 0.1) is 13.8 Å². The van der Waals surface area contributed by atoms with Crippen LogP contribution in [0.25, 0.3) is 0 Å². The van der Waals surface area contributed by atoms with E-state index in [-0.39, 0.29) is 12.5 Å². The molecule has 0 saturated carbocycles. The molecule has 0 saturated heterocycles. The quantitative estimate of drug-likeness (QED) is 0.506. The Balaban J connectivity index is 1.32. The first kappa shape index (κ1) is 21.8. The van der Waals surface area contributed by atoms with Gasteiger partial charge in [0.05, 0.1) is 0 Å². The minimum absolute atomic E-state index is 0.0709.